The molecule has 160 valence electrons. The zero-order valence-corrected chi connectivity index (χ0v) is 17.3. The van der Waals surface area contributed by atoms with Gasteiger partial charge in [0.25, 0.3) is 11.6 Å². The van der Waals surface area contributed by atoms with E-state index in [9.17, 15) is 33.2 Å². The van der Waals surface area contributed by atoms with Crippen LogP contribution in [-0.4, -0.2) is 47.0 Å². The van der Waals surface area contributed by atoms with E-state index in [4.69, 9.17) is 0 Å². The largest absolute Gasteiger partial charge is 0.506 e. The number of carbonyl (C=O) groups is 1. The van der Waals surface area contributed by atoms with E-state index in [1.807, 2.05) is 0 Å². The second-order valence-corrected chi connectivity index (χ2v) is 7.73. The van der Waals surface area contributed by atoms with Crippen LogP contribution in [0.5, 0.6) is 5.75 Å². The first-order valence-corrected chi connectivity index (χ1v) is 9.67. The molecule has 11 heteroatoms. The fourth-order valence-electron chi connectivity index (χ4n) is 3.33. The van der Waals surface area contributed by atoms with Crippen LogP contribution in [0.4, 0.5) is 24.5 Å². The van der Waals surface area contributed by atoms with Crippen LogP contribution >= 0.6 is 15.9 Å². The van der Waals surface area contributed by atoms with Crippen molar-refractivity contribution in [1.82, 2.24) is 4.90 Å². The molecule has 2 aromatic carbocycles. The number of amides is 1. The molecule has 1 aliphatic heterocycles. The lowest BCUT2D eigenvalue weighted by molar-refractivity contribution is -0.384. The van der Waals surface area contributed by atoms with Crippen LogP contribution in [0.3, 0.4) is 0 Å². The van der Waals surface area contributed by atoms with Crippen molar-refractivity contribution in [2.24, 2.45) is 0 Å². The molecule has 1 amide bonds. The number of hydrogen-bond donors (Lipinski definition) is 1. The van der Waals surface area contributed by atoms with Gasteiger partial charge in [-0.3, -0.25) is 14.9 Å². The highest BCUT2D eigenvalue weighted by molar-refractivity contribution is 9.10. The van der Waals surface area contributed by atoms with Crippen molar-refractivity contribution < 1.29 is 28.0 Å². The predicted molar refractivity (Wildman–Crippen MR) is 107 cm³/mol. The standard InChI is InChI=1S/C19H17BrF3N3O4/c1-11-8-13(17(27)14(20)9-11)18(28)25-6-4-24(5-7-25)15-3-2-12(19(21,22)23)10-16(15)26(29)30/h2-3,8-10,27H,4-7H2,1H3. The van der Waals surface area contributed by atoms with Crippen molar-refractivity contribution >= 4 is 33.2 Å². The highest BCUT2D eigenvalue weighted by atomic mass is 79.9. The van der Waals surface area contributed by atoms with Gasteiger partial charge in [0.15, 0.2) is 0 Å². The summed E-state index contributed by atoms with van der Waals surface area (Å²) < 4.78 is 39.1. The molecule has 1 saturated heterocycles. The Kier molecular flexibility index (Phi) is 5.93. The third kappa shape index (κ3) is 4.35. The number of rotatable bonds is 3. The van der Waals surface area contributed by atoms with Gasteiger partial charge in [0.1, 0.15) is 11.4 Å². The molecule has 30 heavy (non-hydrogen) atoms. The van der Waals surface area contributed by atoms with Crippen LogP contribution in [0.15, 0.2) is 34.8 Å². The van der Waals surface area contributed by atoms with E-state index in [1.165, 1.54) is 4.90 Å². The zero-order valence-electron chi connectivity index (χ0n) is 15.7. The number of halogens is 4. The number of piperazine rings is 1. The molecule has 0 atom stereocenters. The van der Waals surface area contributed by atoms with Crippen molar-refractivity contribution in [3.63, 3.8) is 0 Å². The lowest BCUT2D eigenvalue weighted by atomic mass is 10.1. The number of aromatic hydroxyl groups is 1. The minimum Gasteiger partial charge on any atom is -0.506 e. The average molecular weight is 488 g/mol. The monoisotopic (exact) mass is 487 g/mol. The summed E-state index contributed by atoms with van der Waals surface area (Å²) in [6, 6.07) is 5.66. The molecule has 1 N–H and O–H groups in total. The van der Waals surface area contributed by atoms with Crippen LogP contribution < -0.4 is 4.90 Å². The molecule has 7 nitrogen and oxygen atoms in total. The molecular weight excluding hydrogens is 471 g/mol. The Bertz CT molecular complexity index is 1010. The van der Waals surface area contributed by atoms with E-state index < -0.39 is 28.3 Å². The molecule has 0 bridgehead atoms. The molecule has 0 aliphatic carbocycles. The first-order valence-electron chi connectivity index (χ1n) is 8.88. The molecule has 2 aromatic rings. The molecule has 0 aromatic heterocycles. The Hall–Kier alpha value is -2.82. The van der Waals surface area contributed by atoms with E-state index in [0.29, 0.717) is 10.5 Å². The summed E-state index contributed by atoms with van der Waals surface area (Å²) in [5, 5.41) is 21.5. The molecule has 0 unspecified atom stereocenters. The van der Waals surface area contributed by atoms with Gasteiger partial charge in [0, 0.05) is 32.2 Å². The molecule has 3 rings (SSSR count). The number of anilines is 1. The number of nitrogens with zero attached hydrogens (tertiary/aromatic N) is 3. The van der Waals surface area contributed by atoms with Crippen LogP contribution in [0.25, 0.3) is 0 Å². The molecule has 0 radical (unpaired) electrons. The molecule has 1 heterocycles. The van der Waals surface area contributed by atoms with Crippen molar-refractivity contribution in [3.05, 3.63) is 61.6 Å². The highest BCUT2D eigenvalue weighted by Crippen LogP contribution is 2.37. The Morgan fingerprint density at radius 3 is 2.37 bits per heavy atom. The van der Waals surface area contributed by atoms with Gasteiger partial charge in [-0.1, -0.05) is 0 Å². The fraction of sp³-hybridized carbons (Fsp3) is 0.316. The van der Waals surface area contributed by atoms with Crippen molar-refractivity contribution in [1.29, 1.82) is 0 Å². The smallest absolute Gasteiger partial charge is 0.416 e. The second kappa shape index (κ2) is 8.13. The summed E-state index contributed by atoms with van der Waals surface area (Å²) in [5.74, 6) is -0.565. The quantitative estimate of drug-likeness (QED) is 0.513. The highest BCUT2D eigenvalue weighted by Gasteiger charge is 2.34. The summed E-state index contributed by atoms with van der Waals surface area (Å²) in [6.07, 6.45) is -4.68. The van der Waals surface area contributed by atoms with E-state index in [1.54, 1.807) is 24.0 Å². The van der Waals surface area contributed by atoms with Gasteiger partial charge in [-0.15, -0.1) is 0 Å². The van der Waals surface area contributed by atoms with Crippen LogP contribution in [-0.2, 0) is 6.18 Å². The van der Waals surface area contributed by atoms with Crippen molar-refractivity contribution in [3.8, 4) is 5.75 Å². The minimum absolute atomic E-state index is 0.0706. The summed E-state index contributed by atoms with van der Waals surface area (Å²) in [4.78, 5) is 26.3. The van der Waals surface area contributed by atoms with Crippen LogP contribution in [0, 0.1) is 17.0 Å². The van der Waals surface area contributed by atoms with Crippen LogP contribution in [0.2, 0.25) is 0 Å². The summed E-state index contributed by atoms with van der Waals surface area (Å²) in [6.45, 7) is 2.57. The maximum absolute atomic E-state index is 12.9. The first-order chi connectivity index (χ1) is 14.0. The third-order valence-corrected chi connectivity index (χ3v) is 5.45. The van der Waals surface area contributed by atoms with Crippen molar-refractivity contribution in [2.45, 2.75) is 13.1 Å². The molecule has 1 fully saturated rings. The van der Waals surface area contributed by atoms with Gasteiger partial charge >= 0.3 is 6.18 Å². The summed E-state index contributed by atoms with van der Waals surface area (Å²) in [5.41, 5.74) is -0.740. The molecule has 0 spiro atoms. The SMILES string of the molecule is Cc1cc(Br)c(O)c(C(=O)N2CCN(c3ccc(C(F)(F)F)cc3[N+](=O)[O-])CC2)c1. The van der Waals surface area contributed by atoms with Gasteiger partial charge in [0.05, 0.1) is 20.5 Å². The third-order valence-electron chi connectivity index (χ3n) is 4.85. The Balaban J connectivity index is 1.79. The van der Waals surface area contributed by atoms with Gasteiger partial charge in [-0.25, -0.2) is 0 Å². The first kappa shape index (κ1) is 21.9. The summed E-state index contributed by atoms with van der Waals surface area (Å²) >= 11 is 3.20. The second-order valence-electron chi connectivity index (χ2n) is 6.88. The number of nitro groups is 1. The predicted octanol–water partition coefficient (Wildman–Crippen LogP) is 4.35. The van der Waals surface area contributed by atoms with E-state index in [0.717, 1.165) is 17.7 Å². The maximum atomic E-state index is 12.9. The fourth-order valence-corrected chi connectivity index (χ4v) is 3.91. The van der Waals surface area contributed by atoms with Gasteiger partial charge in [-0.2, -0.15) is 13.2 Å². The van der Waals surface area contributed by atoms with E-state index in [-0.39, 0.29) is 43.2 Å². The van der Waals surface area contributed by atoms with Gasteiger partial charge < -0.3 is 14.9 Å². The number of hydrogen-bond acceptors (Lipinski definition) is 5. The topological polar surface area (TPSA) is 86.9 Å². The molecule has 0 saturated carbocycles. The van der Waals surface area contributed by atoms with Gasteiger partial charge in [0.2, 0.25) is 0 Å². The van der Waals surface area contributed by atoms with E-state index >= 15 is 0 Å². The number of phenols is 1. The Morgan fingerprint density at radius 2 is 1.80 bits per heavy atom. The Labute approximate surface area is 178 Å². The number of benzene rings is 2. The number of carbonyl (C=O) groups excluding carboxylic acids is 1. The normalized spacial score (nSPS) is 14.7. The lowest BCUT2D eigenvalue weighted by Gasteiger charge is -2.36. The molecular formula is C19H17BrF3N3O4. The van der Waals surface area contributed by atoms with E-state index in [2.05, 4.69) is 15.9 Å². The number of nitro benzene ring substituents is 1. The zero-order chi connectivity index (χ0) is 22.2. The minimum atomic E-state index is -4.68. The summed E-state index contributed by atoms with van der Waals surface area (Å²) in [7, 11) is 0. The van der Waals surface area contributed by atoms with Crippen molar-refractivity contribution in [2.75, 3.05) is 31.1 Å². The molecule has 1 aliphatic rings. The van der Waals surface area contributed by atoms with Gasteiger partial charge in [-0.05, 0) is 52.7 Å². The van der Waals surface area contributed by atoms with Crippen LogP contribution in [0.1, 0.15) is 21.5 Å². The maximum Gasteiger partial charge on any atom is 0.416 e. The average Bonchev–Trinajstić information content (AvgIpc) is 2.69. The number of phenolic OH excluding ortho intramolecular Hbond substituents is 1. The number of alkyl halides is 3. The Morgan fingerprint density at radius 1 is 1.17 bits per heavy atom. The number of aryl methyl sites for hydroxylation is 1. The lowest BCUT2D eigenvalue weighted by Crippen LogP contribution is -2.49.